The Hall–Kier alpha value is -1.45. The summed E-state index contributed by atoms with van der Waals surface area (Å²) in [5.74, 6) is 0.351. The van der Waals surface area contributed by atoms with Gasteiger partial charge in [-0.1, -0.05) is 0 Å². The van der Waals surface area contributed by atoms with Crippen molar-refractivity contribution in [2.45, 2.75) is 11.3 Å². The van der Waals surface area contributed by atoms with E-state index in [4.69, 9.17) is 15.6 Å². The molecule has 1 aromatic rings. The molecule has 1 aromatic carbocycles. The number of nitrogens with zero attached hydrogens (tertiary/aromatic N) is 1. The van der Waals surface area contributed by atoms with E-state index in [1.54, 1.807) is 0 Å². The first kappa shape index (κ1) is 16.6. The number of ether oxygens (including phenoxy) is 1. The fourth-order valence-electron chi connectivity index (χ4n) is 1.60. The molecule has 1 rings (SSSR count). The molecule has 0 atom stereocenters. The summed E-state index contributed by atoms with van der Waals surface area (Å²) in [6.45, 7) is -2.01. The summed E-state index contributed by atoms with van der Waals surface area (Å²) in [7, 11) is -2.81. The highest BCUT2D eigenvalue weighted by Gasteiger charge is 2.28. The van der Waals surface area contributed by atoms with Gasteiger partial charge in [-0.25, -0.2) is 17.2 Å². The molecule has 0 fully saturated rings. The Kier molecular flexibility index (Phi) is 5.66. The van der Waals surface area contributed by atoms with E-state index in [0.717, 1.165) is 0 Å². The molecule has 0 saturated carbocycles. The number of methoxy groups -OCH3 is 1. The normalized spacial score (nSPS) is 12.1. The Bertz CT molecular complexity index is 551. The Morgan fingerprint density at radius 3 is 2.55 bits per heavy atom. The lowest BCUT2D eigenvalue weighted by atomic mass is 10.3. The number of anilines is 1. The van der Waals surface area contributed by atoms with Crippen molar-refractivity contribution in [3.63, 3.8) is 0 Å². The molecule has 9 heteroatoms. The van der Waals surface area contributed by atoms with Gasteiger partial charge in [-0.15, -0.1) is 0 Å². The summed E-state index contributed by atoms with van der Waals surface area (Å²) >= 11 is 0. The summed E-state index contributed by atoms with van der Waals surface area (Å²) in [6.07, 6.45) is -2.85. The number of hydrogen-bond acceptors (Lipinski definition) is 5. The van der Waals surface area contributed by atoms with Crippen LogP contribution in [-0.4, -0.2) is 51.1 Å². The Balaban J connectivity index is 3.18. The average Bonchev–Trinajstić information content (AvgIpc) is 2.37. The van der Waals surface area contributed by atoms with Gasteiger partial charge in [-0.2, -0.15) is 4.31 Å². The summed E-state index contributed by atoms with van der Waals surface area (Å²) in [4.78, 5) is -0.299. The van der Waals surface area contributed by atoms with Crippen LogP contribution in [0.15, 0.2) is 23.1 Å². The van der Waals surface area contributed by atoms with E-state index in [1.807, 2.05) is 0 Å². The van der Waals surface area contributed by atoms with Crippen molar-refractivity contribution in [1.82, 2.24) is 4.31 Å². The van der Waals surface area contributed by atoms with Gasteiger partial charge >= 0.3 is 0 Å². The smallest absolute Gasteiger partial charge is 0.252 e. The summed E-state index contributed by atoms with van der Waals surface area (Å²) < 4.78 is 54.7. The number of hydrogen-bond donors (Lipinski definition) is 2. The van der Waals surface area contributed by atoms with Gasteiger partial charge < -0.3 is 15.6 Å². The lowest BCUT2D eigenvalue weighted by molar-refractivity contribution is 0.113. The number of nitrogens with two attached hydrogens (primary N) is 1. The van der Waals surface area contributed by atoms with Crippen LogP contribution in [0.1, 0.15) is 0 Å². The minimum absolute atomic E-state index is 0.110. The highest BCUT2D eigenvalue weighted by molar-refractivity contribution is 7.89. The van der Waals surface area contributed by atoms with E-state index in [0.29, 0.717) is 10.1 Å². The van der Waals surface area contributed by atoms with E-state index in [1.165, 1.54) is 25.3 Å². The quantitative estimate of drug-likeness (QED) is 0.717. The number of sulfonamides is 1. The Labute approximate surface area is 115 Å². The van der Waals surface area contributed by atoms with Gasteiger partial charge in [-0.05, 0) is 12.1 Å². The van der Waals surface area contributed by atoms with Gasteiger partial charge in [-0.3, -0.25) is 0 Å². The number of rotatable bonds is 7. The van der Waals surface area contributed by atoms with Gasteiger partial charge in [0, 0.05) is 12.6 Å². The predicted octanol–water partition coefficient (Wildman–Crippen LogP) is 0.526. The summed E-state index contributed by atoms with van der Waals surface area (Å²) in [6, 6.07) is 3.83. The SMILES string of the molecule is COc1ccc(S(=O)(=O)N(CCO)CC(F)F)c(N)c1. The summed E-state index contributed by atoms with van der Waals surface area (Å²) in [5, 5.41) is 8.81. The molecular weight excluding hydrogens is 294 g/mol. The van der Waals surface area contributed by atoms with E-state index in [9.17, 15) is 17.2 Å². The maximum absolute atomic E-state index is 12.4. The maximum Gasteiger partial charge on any atom is 0.252 e. The van der Waals surface area contributed by atoms with Gasteiger partial charge in [0.2, 0.25) is 10.0 Å². The average molecular weight is 310 g/mol. The zero-order valence-electron chi connectivity index (χ0n) is 10.8. The second-order valence-corrected chi connectivity index (χ2v) is 5.79. The minimum Gasteiger partial charge on any atom is -0.497 e. The molecule has 0 aliphatic heterocycles. The first-order chi connectivity index (χ1) is 9.32. The van der Waals surface area contributed by atoms with Gasteiger partial charge in [0.1, 0.15) is 10.6 Å². The van der Waals surface area contributed by atoms with Crippen LogP contribution in [0.3, 0.4) is 0 Å². The monoisotopic (exact) mass is 310 g/mol. The Morgan fingerprint density at radius 2 is 2.10 bits per heavy atom. The van der Waals surface area contributed by atoms with E-state index in [2.05, 4.69) is 0 Å². The third-order valence-electron chi connectivity index (χ3n) is 2.53. The molecule has 0 radical (unpaired) electrons. The Morgan fingerprint density at radius 1 is 1.45 bits per heavy atom. The number of aliphatic hydroxyl groups is 1. The highest BCUT2D eigenvalue weighted by atomic mass is 32.2. The number of aliphatic hydroxyl groups excluding tert-OH is 1. The fourth-order valence-corrected chi connectivity index (χ4v) is 3.11. The zero-order chi connectivity index (χ0) is 15.3. The lowest BCUT2D eigenvalue weighted by Gasteiger charge is -2.21. The molecule has 0 aromatic heterocycles. The van der Waals surface area contributed by atoms with Crippen LogP contribution >= 0.6 is 0 Å². The second kappa shape index (κ2) is 6.82. The molecule has 20 heavy (non-hydrogen) atoms. The minimum atomic E-state index is -4.20. The molecular formula is C11H16F2N2O4S. The maximum atomic E-state index is 12.4. The van der Waals surface area contributed by atoms with Crippen molar-refractivity contribution in [3.8, 4) is 5.75 Å². The van der Waals surface area contributed by atoms with E-state index < -0.39 is 36.1 Å². The zero-order valence-corrected chi connectivity index (χ0v) is 11.6. The molecule has 0 aliphatic carbocycles. The van der Waals surface area contributed by atoms with Crippen LogP contribution in [-0.2, 0) is 10.0 Å². The number of benzene rings is 1. The molecule has 0 spiro atoms. The van der Waals surface area contributed by atoms with Gasteiger partial charge in [0.25, 0.3) is 6.43 Å². The van der Waals surface area contributed by atoms with Gasteiger partial charge in [0.15, 0.2) is 0 Å². The third kappa shape index (κ3) is 3.78. The van der Waals surface area contributed by atoms with Crippen molar-refractivity contribution in [2.24, 2.45) is 0 Å². The first-order valence-electron chi connectivity index (χ1n) is 5.65. The van der Waals surface area contributed by atoms with Crippen LogP contribution in [0.4, 0.5) is 14.5 Å². The number of alkyl halides is 2. The van der Waals surface area contributed by atoms with Crippen LogP contribution in [0.2, 0.25) is 0 Å². The van der Waals surface area contributed by atoms with Crippen molar-refractivity contribution in [2.75, 3.05) is 32.5 Å². The van der Waals surface area contributed by atoms with E-state index >= 15 is 0 Å². The summed E-state index contributed by atoms with van der Waals surface area (Å²) in [5.41, 5.74) is 5.50. The molecule has 0 heterocycles. The van der Waals surface area contributed by atoms with Crippen molar-refractivity contribution >= 4 is 15.7 Å². The fraction of sp³-hybridized carbons (Fsp3) is 0.455. The van der Waals surface area contributed by atoms with Crippen LogP contribution in [0.25, 0.3) is 0 Å². The molecule has 0 bridgehead atoms. The highest BCUT2D eigenvalue weighted by Crippen LogP contribution is 2.26. The molecule has 0 amide bonds. The molecule has 0 unspecified atom stereocenters. The lowest BCUT2D eigenvalue weighted by Crippen LogP contribution is -2.37. The largest absolute Gasteiger partial charge is 0.497 e. The standard InChI is InChI=1S/C11H16F2N2O4S/c1-19-8-2-3-10(9(14)6-8)20(17,18)15(4-5-16)7-11(12)13/h2-3,6,11,16H,4-5,7,14H2,1H3. The molecule has 114 valence electrons. The second-order valence-electron chi connectivity index (χ2n) is 3.88. The first-order valence-corrected chi connectivity index (χ1v) is 7.09. The predicted molar refractivity (Wildman–Crippen MR) is 69.3 cm³/mol. The molecule has 3 N–H and O–H groups in total. The molecule has 0 aliphatic rings. The number of halogens is 2. The number of nitrogen functional groups attached to an aromatic ring is 1. The molecule has 0 saturated heterocycles. The van der Waals surface area contributed by atoms with Crippen molar-refractivity contribution in [3.05, 3.63) is 18.2 Å². The van der Waals surface area contributed by atoms with Crippen LogP contribution in [0, 0.1) is 0 Å². The molecule has 6 nitrogen and oxygen atoms in total. The van der Waals surface area contributed by atoms with E-state index in [-0.39, 0.29) is 10.6 Å². The third-order valence-corrected chi connectivity index (χ3v) is 4.46. The van der Waals surface area contributed by atoms with Crippen LogP contribution in [0.5, 0.6) is 5.75 Å². The topological polar surface area (TPSA) is 92.9 Å². The van der Waals surface area contributed by atoms with Crippen molar-refractivity contribution < 1.29 is 27.0 Å². The van der Waals surface area contributed by atoms with Gasteiger partial charge in [0.05, 0.1) is 25.9 Å². The van der Waals surface area contributed by atoms with Crippen molar-refractivity contribution in [1.29, 1.82) is 0 Å². The van der Waals surface area contributed by atoms with Crippen LogP contribution < -0.4 is 10.5 Å².